The van der Waals surface area contributed by atoms with Gasteiger partial charge in [0.15, 0.2) is 0 Å². The highest BCUT2D eigenvalue weighted by Gasteiger charge is 2.27. The Labute approximate surface area is 149 Å². The smallest absolute Gasteiger partial charge is 0.238 e. The average molecular weight is 338 g/mol. The molecule has 2 atom stereocenters. The van der Waals surface area contributed by atoms with E-state index in [1.165, 1.54) is 0 Å². The van der Waals surface area contributed by atoms with Crippen LogP contribution in [-0.4, -0.2) is 41.1 Å². The SMILES string of the molecule is CC(O)C1CCCCN1CC(=O)Nc1ccccc1-c1ccccc1. The fourth-order valence-electron chi connectivity index (χ4n) is 3.60. The number of nitrogens with zero attached hydrogens (tertiary/aromatic N) is 1. The highest BCUT2D eigenvalue weighted by atomic mass is 16.3. The predicted octanol–water partition coefficient (Wildman–Crippen LogP) is 3.53. The van der Waals surface area contributed by atoms with Crippen LogP contribution in [-0.2, 0) is 4.79 Å². The number of nitrogens with one attached hydrogen (secondary N) is 1. The van der Waals surface area contributed by atoms with Gasteiger partial charge in [-0.05, 0) is 37.9 Å². The summed E-state index contributed by atoms with van der Waals surface area (Å²) in [5.74, 6) is -0.0315. The van der Waals surface area contributed by atoms with Crippen LogP contribution in [0.25, 0.3) is 11.1 Å². The highest BCUT2D eigenvalue weighted by molar-refractivity contribution is 5.96. The quantitative estimate of drug-likeness (QED) is 0.877. The van der Waals surface area contributed by atoms with E-state index < -0.39 is 6.10 Å². The summed E-state index contributed by atoms with van der Waals surface area (Å²) in [4.78, 5) is 14.7. The largest absolute Gasteiger partial charge is 0.392 e. The van der Waals surface area contributed by atoms with Gasteiger partial charge >= 0.3 is 0 Å². The molecule has 1 heterocycles. The fourth-order valence-corrected chi connectivity index (χ4v) is 3.60. The van der Waals surface area contributed by atoms with Crippen molar-refractivity contribution in [2.75, 3.05) is 18.4 Å². The molecule has 0 radical (unpaired) electrons. The van der Waals surface area contributed by atoms with Gasteiger partial charge in [0.2, 0.25) is 5.91 Å². The number of likely N-dealkylation sites (tertiary alicyclic amines) is 1. The second-order valence-corrected chi connectivity index (χ2v) is 6.73. The molecule has 1 aliphatic heterocycles. The zero-order valence-corrected chi connectivity index (χ0v) is 14.7. The van der Waals surface area contributed by atoms with Gasteiger partial charge in [0.25, 0.3) is 0 Å². The summed E-state index contributed by atoms with van der Waals surface area (Å²) in [6.45, 7) is 2.99. The lowest BCUT2D eigenvalue weighted by atomic mass is 9.98. The van der Waals surface area contributed by atoms with E-state index in [1.54, 1.807) is 0 Å². The molecule has 0 saturated carbocycles. The lowest BCUT2D eigenvalue weighted by molar-refractivity contribution is -0.118. The maximum absolute atomic E-state index is 12.6. The van der Waals surface area contributed by atoms with Crippen LogP contribution in [0.3, 0.4) is 0 Å². The molecule has 132 valence electrons. The van der Waals surface area contributed by atoms with Gasteiger partial charge < -0.3 is 10.4 Å². The number of carbonyl (C=O) groups excluding carboxylic acids is 1. The fraction of sp³-hybridized carbons (Fsp3) is 0.381. The molecule has 1 aliphatic rings. The number of piperidine rings is 1. The second kappa shape index (κ2) is 8.28. The van der Waals surface area contributed by atoms with Gasteiger partial charge in [0.05, 0.1) is 12.6 Å². The van der Waals surface area contributed by atoms with E-state index in [0.717, 1.165) is 42.6 Å². The summed E-state index contributed by atoms with van der Waals surface area (Å²) in [6.07, 6.45) is 2.73. The number of hydrogen-bond donors (Lipinski definition) is 2. The van der Waals surface area contributed by atoms with Crippen LogP contribution < -0.4 is 5.32 Å². The molecule has 3 rings (SSSR count). The Morgan fingerprint density at radius 3 is 2.64 bits per heavy atom. The van der Waals surface area contributed by atoms with Gasteiger partial charge in [0.1, 0.15) is 0 Å². The molecule has 0 bridgehead atoms. The van der Waals surface area contributed by atoms with E-state index in [-0.39, 0.29) is 11.9 Å². The van der Waals surface area contributed by atoms with Gasteiger partial charge in [-0.3, -0.25) is 9.69 Å². The van der Waals surface area contributed by atoms with Gasteiger partial charge in [-0.15, -0.1) is 0 Å². The number of hydrogen-bond acceptors (Lipinski definition) is 3. The molecule has 0 spiro atoms. The van der Waals surface area contributed by atoms with Crippen LogP contribution >= 0.6 is 0 Å². The highest BCUT2D eigenvalue weighted by Crippen LogP contribution is 2.27. The standard InChI is InChI=1S/C21H26N2O2/c1-16(24)20-13-7-8-14-23(20)15-21(25)22-19-12-6-5-11-18(19)17-9-3-2-4-10-17/h2-6,9-12,16,20,24H,7-8,13-15H2,1H3,(H,22,25). The summed E-state index contributed by atoms with van der Waals surface area (Å²) in [5.41, 5.74) is 2.92. The Bertz CT molecular complexity index is 700. The molecule has 25 heavy (non-hydrogen) atoms. The molecular weight excluding hydrogens is 312 g/mol. The number of rotatable bonds is 5. The van der Waals surface area contributed by atoms with Crippen LogP contribution in [0.15, 0.2) is 54.6 Å². The molecule has 0 aliphatic carbocycles. The maximum atomic E-state index is 12.6. The number of para-hydroxylation sites is 1. The number of benzene rings is 2. The zero-order valence-electron chi connectivity index (χ0n) is 14.7. The van der Waals surface area contributed by atoms with Crippen molar-refractivity contribution in [2.24, 2.45) is 0 Å². The first-order valence-electron chi connectivity index (χ1n) is 9.01. The lowest BCUT2D eigenvalue weighted by Crippen LogP contribution is -2.48. The summed E-state index contributed by atoms with van der Waals surface area (Å²) in [6, 6.07) is 18.0. The van der Waals surface area contributed by atoms with E-state index in [0.29, 0.717) is 6.54 Å². The average Bonchev–Trinajstić information content (AvgIpc) is 2.63. The molecule has 2 N–H and O–H groups in total. The van der Waals surface area contributed by atoms with Crippen LogP contribution in [0, 0.1) is 0 Å². The first kappa shape index (κ1) is 17.6. The minimum atomic E-state index is -0.412. The van der Waals surface area contributed by atoms with Gasteiger partial charge in [-0.25, -0.2) is 0 Å². The zero-order chi connectivity index (χ0) is 17.6. The Balaban J connectivity index is 1.71. The molecule has 1 fully saturated rings. The molecule has 2 unspecified atom stereocenters. The Hall–Kier alpha value is -2.17. The van der Waals surface area contributed by atoms with Crippen LogP contribution in [0.1, 0.15) is 26.2 Å². The molecule has 1 amide bonds. The minimum absolute atomic E-state index is 0.0315. The number of aliphatic hydroxyl groups is 1. The molecule has 0 aromatic heterocycles. The van der Waals surface area contributed by atoms with Crippen molar-refractivity contribution in [1.29, 1.82) is 0 Å². The van der Waals surface area contributed by atoms with Crippen molar-refractivity contribution < 1.29 is 9.90 Å². The van der Waals surface area contributed by atoms with Crippen molar-refractivity contribution >= 4 is 11.6 Å². The van der Waals surface area contributed by atoms with Crippen molar-refractivity contribution in [3.05, 3.63) is 54.6 Å². The first-order chi connectivity index (χ1) is 12.1. The van der Waals surface area contributed by atoms with Crippen molar-refractivity contribution in [2.45, 2.75) is 38.3 Å². The maximum Gasteiger partial charge on any atom is 0.238 e. The van der Waals surface area contributed by atoms with Gasteiger partial charge in [-0.2, -0.15) is 0 Å². The molecule has 4 heteroatoms. The summed E-state index contributed by atoms with van der Waals surface area (Å²) >= 11 is 0. The molecular formula is C21H26N2O2. The number of amides is 1. The Morgan fingerprint density at radius 2 is 1.88 bits per heavy atom. The molecule has 2 aromatic carbocycles. The third-order valence-corrected chi connectivity index (χ3v) is 4.85. The molecule has 2 aromatic rings. The van der Waals surface area contributed by atoms with Crippen molar-refractivity contribution in [3.63, 3.8) is 0 Å². The van der Waals surface area contributed by atoms with E-state index in [1.807, 2.05) is 61.5 Å². The first-order valence-corrected chi connectivity index (χ1v) is 9.01. The number of aliphatic hydroxyl groups excluding tert-OH is 1. The van der Waals surface area contributed by atoms with Crippen molar-refractivity contribution in [1.82, 2.24) is 4.90 Å². The summed E-state index contributed by atoms with van der Waals surface area (Å²) in [7, 11) is 0. The second-order valence-electron chi connectivity index (χ2n) is 6.73. The third-order valence-electron chi connectivity index (χ3n) is 4.85. The van der Waals surface area contributed by atoms with Crippen molar-refractivity contribution in [3.8, 4) is 11.1 Å². The number of anilines is 1. The van der Waals surface area contributed by atoms with E-state index in [2.05, 4.69) is 10.2 Å². The number of carbonyl (C=O) groups is 1. The van der Waals surface area contributed by atoms with E-state index in [9.17, 15) is 9.90 Å². The topological polar surface area (TPSA) is 52.6 Å². The summed E-state index contributed by atoms with van der Waals surface area (Å²) in [5, 5.41) is 13.0. The van der Waals surface area contributed by atoms with Gasteiger partial charge in [-0.1, -0.05) is 55.0 Å². The van der Waals surface area contributed by atoms with Gasteiger partial charge in [0, 0.05) is 17.3 Å². The lowest BCUT2D eigenvalue weighted by Gasteiger charge is -2.36. The third kappa shape index (κ3) is 4.47. The predicted molar refractivity (Wildman–Crippen MR) is 101 cm³/mol. The summed E-state index contributed by atoms with van der Waals surface area (Å²) < 4.78 is 0. The van der Waals surface area contributed by atoms with E-state index in [4.69, 9.17) is 0 Å². The monoisotopic (exact) mass is 338 g/mol. The van der Waals surface area contributed by atoms with Crippen LogP contribution in [0.5, 0.6) is 0 Å². The van der Waals surface area contributed by atoms with Crippen LogP contribution in [0.4, 0.5) is 5.69 Å². The van der Waals surface area contributed by atoms with Crippen LogP contribution in [0.2, 0.25) is 0 Å². The Kier molecular flexibility index (Phi) is 5.84. The molecule has 1 saturated heterocycles. The normalized spacial score (nSPS) is 19.4. The minimum Gasteiger partial charge on any atom is -0.392 e. The molecule has 4 nitrogen and oxygen atoms in total. The Morgan fingerprint density at radius 1 is 1.16 bits per heavy atom. The van der Waals surface area contributed by atoms with E-state index >= 15 is 0 Å².